The first-order valence-corrected chi connectivity index (χ1v) is 7.01. The molecule has 3 rings (SSSR count). The van der Waals surface area contributed by atoms with Crippen molar-refractivity contribution in [2.24, 2.45) is 0 Å². The fourth-order valence-corrected chi connectivity index (χ4v) is 2.86. The van der Waals surface area contributed by atoms with Gasteiger partial charge < -0.3 is 4.90 Å². The number of aldehydes is 1. The van der Waals surface area contributed by atoms with E-state index in [1.54, 1.807) is 6.20 Å². The average molecular weight is 266 g/mol. The number of fused-ring (bicyclic) bond motifs is 1. The van der Waals surface area contributed by atoms with Gasteiger partial charge in [0.25, 0.3) is 0 Å². The van der Waals surface area contributed by atoms with Crippen molar-refractivity contribution in [3.63, 3.8) is 0 Å². The van der Waals surface area contributed by atoms with Crippen molar-refractivity contribution >= 4 is 12.1 Å². The highest BCUT2D eigenvalue weighted by molar-refractivity contribution is 5.75. The molecule has 0 unspecified atom stereocenters. The van der Waals surface area contributed by atoms with Crippen LogP contribution in [0.4, 0.5) is 5.82 Å². The zero-order chi connectivity index (χ0) is 13.9. The summed E-state index contributed by atoms with van der Waals surface area (Å²) in [5.74, 6) is 1.00. The van der Waals surface area contributed by atoms with Gasteiger partial charge in [-0.15, -0.1) is 0 Å². The molecule has 0 radical (unpaired) electrons. The van der Waals surface area contributed by atoms with Gasteiger partial charge in [0, 0.05) is 24.8 Å². The summed E-state index contributed by atoms with van der Waals surface area (Å²) in [5.41, 5.74) is 4.60. The van der Waals surface area contributed by atoms with Crippen LogP contribution in [-0.2, 0) is 12.8 Å². The van der Waals surface area contributed by atoms with Gasteiger partial charge in [-0.25, -0.2) is 4.98 Å². The number of nitrogens with zero attached hydrogens (tertiary/aromatic N) is 2. The molecule has 0 fully saturated rings. The van der Waals surface area contributed by atoms with E-state index in [2.05, 4.69) is 34.1 Å². The Kier molecular flexibility index (Phi) is 3.50. The van der Waals surface area contributed by atoms with E-state index in [1.807, 2.05) is 13.0 Å². The third-order valence-corrected chi connectivity index (χ3v) is 3.93. The van der Waals surface area contributed by atoms with Crippen molar-refractivity contribution in [3.8, 4) is 0 Å². The molecule has 1 aliphatic heterocycles. The van der Waals surface area contributed by atoms with E-state index < -0.39 is 0 Å². The molecular formula is C17H18N2O. The number of carbonyl (C=O) groups is 1. The molecule has 1 aliphatic rings. The Bertz CT molecular complexity index is 610. The molecule has 0 saturated carbocycles. The van der Waals surface area contributed by atoms with E-state index in [0.29, 0.717) is 5.56 Å². The lowest BCUT2D eigenvalue weighted by atomic mass is 10.0. The number of hydrogen-bond donors (Lipinski definition) is 0. The fraction of sp³-hybridized carbons (Fsp3) is 0.294. The lowest BCUT2D eigenvalue weighted by Crippen LogP contribution is -2.27. The van der Waals surface area contributed by atoms with Crippen LogP contribution in [0.15, 0.2) is 36.5 Å². The molecule has 102 valence electrons. The van der Waals surface area contributed by atoms with Crippen molar-refractivity contribution in [2.75, 3.05) is 18.0 Å². The molecule has 0 amide bonds. The second-order valence-electron chi connectivity index (χ2n) is 5.28. The Morgan fingerprint density at radius 1 is 1.15 bits per heavy atom. The second-order valence-corrected chi connectivity index (χ2v) is 5.28. The van der Waals surface area contributed by atoms with E-state index in [9.17, 15) is 4.79 Å². The molecule has 20 heavy (non-hydrogen) atoms. The monoisotopic (exact) mass is 266 g/mol. The van der Waals surface area contributed by atoms with E-state index in [0.717, 1.165) is 43.6 Å². The van der Waals surface area contributed by atoms with Gasteiger partial charge in [0.15, 0.2) is 6.29 Å². The SMILES string of the molecule is Cc1cc(C=O)cnc1N1CCc2ccccc2CC1. The average Bonchev–Trinajstić information content (AvgIpc) is 2.70. The van der Waals surface area contributed by atoms with E-state index >= 15 is 0 Å². The molecule has 0 bridgehead atoms. The van der Waals surface area contributed by atoms with Crippen LogP contribution in [-0.4, -0.2) is 24.4 Å². The summed E-state index contributed by atoms with van der Waals surface area (Å²) in [6, 6.07) is 10.6. The van der Waals surface area contributed by atoms with Gasteiger partial charge >= 0.3 is 0 Å². The minimum atomic E-state index is 0.643. The first-order chi connectivity index (χ1) is 9.78. The molecule has 0 spiro atoms. The Morgan fingerprint density at radius 3 is 2.35 bits per heavy atom. The first kappa shape index (κ1) is 12.9. The molecule has 1 aromatic heterocycles. The molecule has 0 aliphatic carbocycles. The van der Waals surface area contributed by atoms with Gasteiger partial charge in [-0.3, -0.25) is 4.79 Å². The standard InChI is InChI=1S/C17H18N2O/c1-13-10-14(12-20)11-18-17(13)19-8-6-15-4-2-3-5-16(15)7-9-19/h2-5,10-12H,6-9H2,1H3. The first-order valence-electron chi connectivity index (χ1n) is 7.01. The van der Waals surface area contributed by atoms with Gasteiger partial charge in [-0.05, 0) is 42.5 Å². The maximum absolute atomic E-state index is 10.8. The smallest absolute Gasteiger partial charge is 0.151 e. The normalized spacial score (nSPS) is 14.6. The Labute approximate surface area is 119 Å². The molecule has 0 N–H and O–H groups in total. The van der Waals surface area contributed by atoms with Gasteiger partial charge in [0.05, 0.1) is 0 Å². The highest BCUT2D eigenvalue weighted by Crippen LogP contribution is 2.22. The van der Waals surface area contributed by atoms with Gasteiger partial charge in [-0.1, -0.05) is 24.3 Å². The number of rotatable bonds is 2. The molecule has 3 nitrogen and oxygen atoms in total. The summed E-state index contributed by atoms with van der Waals surface area (Å²) in [5, 5.41) is 0. The number of aromatic nitrogens is 1. The van der Waals surface area contributed by atoms with Crippen molar-refractivity contribution in [1.82, 2.24) is 4.98 Å². The van der Waals surface area contributed by atoms with Crippen LogP contribution in [0.2, 0.25) is 0 Å². The van der Waals surface area contributed by atoms with Gasteiger partial charge in [0.1, 0.15) is 5.82 Å². The Morgan fingerprint density at radius 2 is 1.80 bits per heavy atom. The summed E-state index contributed by atoms with van der Waals surface area (Å²) in [6.45, 7) is 3.98. The van der Waals surface area contributed by atoms with Crippen LogP contribution in [0, 0.1) is 6.92 Å². The summed E-state index contributed by atoms with van der Waals surface area (Å²) < 4.78 is 0. The number of anilines is 1. The van der Waals surface area contributed by atoms with Crippen molar-refractivity contribution < 1.29 is 4.79 Å². The summed E-state index contributed by atoms with van der Waals surface area (Å²) in [7, 11) is 0. The highest BCUT2D eigenvalue weighted by atomic mass is 16.1. The van der Waals surface area contributed by atoms with Crippen molar-refractivity contribution in [2.45, 2.75) is 19.8 Å². The second kappa shape index (κ2) is 5.45. The topological polar surface area (TPSA) is 33.2 Å². The van der Waals surface area contributed by atoms with Crippen LogP contribution < -0.4 is 4.90 Å². The summed E-state index contributed by atoms with van der Waals surface area (Å²) in [4.78, 5) is 17.6. The summed E-state index contributed by atoms with van der Waals surface area (Å²) >= 11 is 0. The van der Waals surface area contributed by atoms with Gasteiger partial charge in [-0.2, -0.15) is 0 Å². The van der Waals surface area contributed by atoms with Crippen LogP contribution in [0.5, 0.6) is 0 Å². The van der Waals surface area contributed by atoms with Gasteiger partial charge in [0.2, 0.25) is 0 Å². The fourth-order valence-electron chi connectivity index (χ4n) is 2.86. The van der Waals surface area contributed by atoms with E-state index in [4.69, 9.17) is 0 Å². The number of pyridine rings is 1. The largest absolute Gasteiger partial charge is 0.356 e. The lowest BCUT2D eigenvalue weighted by molar-refractivity contribution is 0.112. The number of benzene rings is 1. The zero-order valence-corrected chi connectivity index (χ0v) is 11.7. The molecule has 0 atom stereocenters. The molecular weight excluding hydrogens is 248 g/mol. The van der Waals surface area contributed by atoms with E-state index in [1.165, 1.54) is 11.1 Å². The Hall–Kier alpha value is -2.16. The van der Waals surface area contributed by atoms with Crippen molar-refractivity contribution in [1.29, 1.82) is 0 Å². The number of hydrogen-bond acceptors (Lipinski definition) is 3. The van der Waals surface area contributed by atoms with Crippen molar-refractivity contribution in [3.05, 3.63) is 58.8 Å². The van der Waals surface area contributed by atoms with Crippen LogP contribution in [0.25, 0.3) is 0 Å². The minimum Gasteiger partial charge on any atom is -0.356 e. The van der Waals surface area contributed by atoms with Crippen LogP contribution in [0.1, 0.15) is 27.0 Å². The quantitative estimate of drug-likeness (QED) is 0.784. The Balaban J connectivity index is 1.85. The molecule has 2 aromatic rings. The molecule has 0 saturated heterocycles. The predicted molar refractivity (Wildman–Crippen MR) is 80.4 cm³/mol. The van der Waals surface area contributed by atoms with E-state index in [-0.39, 0.29) is 0 Å². The molecule has 2 heterocycles. The lowest BCUT2D eigenvalue weighted by Gasteiger charge is -2.23. The third-order valence-electron chi connectivity index (χ3n) is 3.93. The maximum atomic E-state index is 10.8. The molecule has 1 aromatic carbocycles. The number of carbonyl (C=O) groups excluding carboxylic acids is 1. The summed E-state index contributed by atoms with van der Waals surface area (Å²) in [6.07, 6.45) is 4.61. The third kappa shape index (κ3) is 2.44. The maximum Gasteiger partial charge on any atom is 0.151 e. The molecule has 3 heteroatoms. The highest BCUT2D eigenvalue weighted by Gasteiger charge is 2.16. The zero-order valence-electron chi connectivity index (χ0n) is 11.7. The van der Waals surface area contributed by atoms with Crippen LogP contribution in [0.3, 0.4) is 0 Å². The van der Waals surface area contributed by atoms with Crippen LogP contribution >= 0.6 is 0 Å². The number of aryl methyl sites for hydroxylation is 1. The minimum absolute atomic E-state index is 0.643. The predicted octanol–water partition coefficient (Wildman–Crippen LogP) is 2.81.